The highest BCUT2D eigenvalue weighted by molar-refractivity contribution is 5.82. The zero-order chi connectivity index (χ0) is 22.0. The van der Waals surface area contributed by atoms with Crippen molar-refractivity contribution in [3.8, 4) is 5.75 Å². The number of aromatic nitrogens is 2. The number of alkyl halides is 3. The maximum atomic E-state index is 13.6. The van der Waals surface area contributed by atoms with E-state index in [1.54, 1.807) is 18.2 Å². The van der Waals surface area contributed by atoms with Gasteiger partial charge in [-0.1, -0.05) is 12.8 Å². The Bertz CT molecular complexity index is 1090. The summed E-state index contributed by atoms with van der Waals surface area (Å²) in [6.45, 7) is -0.0250. The summed E-state index contributed by atoms with van der Waals surface area (Å²) in [7, 11) is 0. The Balaban J connectivity index is 1.49. The van der Waals surface area contributed by atoms with Crippen molar-refractivity contribution in [2.24, 2.45) is 0 Å². The van der Waals surface area contributed by atoms with Crippen LogP contribution in [0.4, 0.5) is 13.2 Å². The normalized spacial score (nSPS) is 14.9. The molecule has 2 aromatic heterocycles. The van der Waals surface area contributed by atoms with Crippen LogP contribution >= 0.6 is 0 Å². The molecule has 1 aliphatic rings. The zero-order valence-corrected chi connectivity index (χ0v) is 16.8. The molecular formula is C23H23F3N2O3. The molecule has 5 nitrogen and oxygen atoms in total. The fourth-order valence-corrected chi connectivity index (χ4v) is 4.15. The van der Waals surface area contributed by atoms with Gasteiger partial charge >= 0.3 is 12.1 Å². The van der Waals surface area contributed by atoms with Gasteiger partial charge in [0.25, 0.3) is 0 Å². The van der Waals surface area contributed by atoms with Crippen molar-refractivity contribution in [3.05, 3.63) is 59.0 Å². The van der Waals surface area contributed by atoms with Gasteiger partial charge in [0.1, 0.15) is 12.4 Å². The first-order chi connectivity index (χ1) is 14.8. The fraction of sp³-hybridized carbons (Fsp3) is 0.391. The number of ether oxygens (including phenoxy) is 1. The number of carbonyl (C=O) groups is 1. The summed E-state index contributed by atoms with van der Waals surface area (Å²) < 4.78 is 46.6. The van der Waals surface area contributed by atoms with Crippen LogP contribution in [-0.4, -0.2) is 21.0 Å². The number of halogens is 3. The number of aryl methyl sites for hydroxylation is 1. The van der Waals surface area contributed by atoms with Gasteiger partial charge < -0.3 is 14.8 Å². The van der Waals surface area contributed by atoms with Crippen LogP contribution in [0.15, 0.2) is 36.5 Å². The molecule has 0 aliphatic heterocycles. The summed E-state index contributed by atoms with van der Waals surface area (Å²) in [5.41, 5.74) is 1.50. The van der Waals surface area contributed by atoms with E-state index in [9.17, 15) is 18.0 Å². The molecular weight excluding hydrogens is 409 g/mol. The number of rotatable bonds is 7. The van der Waals surface area contributed by atoms with E-state index in [4.69, 9.17) is 9.84 Å². The van der Waals surface area contributed by atoms with Crippen molar-refractivity contribution in [1.29, 1.82) is 0 Å². The maximum absolute atomic E-state index is 13.6. The third kappa shape index (κ3) is 5.00. The van der Waals surface area contributed by atoms with E-state index >= 15 is 0 Å². The first-order valence-corrected chi connectivity index (χ1v) is 10.3. The predicted octanol–water partition coefficient (Wildman–Crippen LogP) is 5.84. The molecule has 0 bridgehead atoms. The Morgan fingerprint density at radius 1 is 1.19 bits per heavy atom. The number of carboxylic acid groups (broad SMARTS) is 1. The molecule has 0 spiro atoms. The fourth-order valence-electron chi connectivity index (χ4n) is 4.15. The second-order valence-electron chi connectivity index (χ2n) is 7.98. The van der Waals surface area contributed by atoms with Crippen molar-refractivity contribution in [1.82, 2.24) is 9.97 Å². The lowest BCUT2D eigenvalue weighted by Crippen LogP contribution is -2.14. The first kappa shape index (κ1) is 21.2. The number of pyridine rings is 1. The second kappa shape index (κ2) is 8.61. The van der Waals surface area contributed by atoms with Crippen LogP contribution in [-0.2, 0) is 24.0 Å². The molecule has 0 radical (unpaired) electrons. The summed E-state index contributed by atoms with van der Waals surface area (Å²) in [5, 5.41) is 9.66. The number of hydrogen-bond acceptors (Lipinski definition) is 3. The van der Waals surface area contributed by atoms with E-state index in [1.807, 2.05) is 6.07 Å². The highest BCUT2D eigenvalue weighted by atomic mass is 19.4. The smallest absolute Gasteiger partial charge is 0.418 e. The third-order valence-corrected chi connectivity index (χ3v) is 5.68. The highest BCUT2D eigenvalue weighted by Gasteiger charge is 2.37. The Morgan fingerprint density at radius 2 is 1.97 bits per heavy atom. The average molecular weight is 432 g/mol. The van der Waals surface area contributed by atoms with Crippen molar-refractivity contribution in [2.45, 2.75) is 57.2 Å². The van der Waals surface area contributed by atoms with Gasteiger partial charge in [-0.3, -0.25) is 9.78 Å². The van der Waals surface area contributed by atoms with Gasteiger partial charge in [-0.15, -0.1) is 0 Å². The largest absolute Gasteiger partial charge is 0.489 e. The summed E-state index contributed by atoms with van der Waals surface area (Å²) in [6, 6.07) is 8.31. The van der Waals surface area contributed by atoms with Gasteiger partial charge in [-0.05, 0) is 49.6 Å². The lowest BCUT2D eigenvalue weighted by atomic mass is 9.97. The molecule has 31 heavy (non-hydrogen) atoms. The standard InChI is InChI=1S/C23H23F3N2O3/c24-23(25,26)19-9-14(12-27-22(19)15-3-1-2-4-15)13-31-18-6-7-20-16(11-18)10-17(28-20)5-8-21(29)30/h6-7,9-12,15,28H,1-5,8,13H2,(H,29,30). The molecule has 164 valence electrons. The SMILES string of the molecule is O=C(O)CCc1cc2cc(OCc3cnc(C4CCCC4)c(C(F)(F)F)c3)ccc2[nH]1. The molecule has 0 atom stereocenters. The molecule has 8 heteroatoms. The zero-order valence-electron chi connectivity index (χ0n) is 16.8. The van der Waals surface area contributed by atoms with Gasteiger partial charge in [0.05, 0.1) is 17.7 Å². The number of nitrogens with zero attached hydrogens (tertiary/aromatic N) is 1. The number of fused-ring (bicyclic) bond motifs is 1. The molecule has 1 saturated carbocycles. The minimum atomic E-state index is -4.45. The average Bonchev–Trinajstić information content (AvgIpc) is 3.39. The van der Waals surface area contributed by atoms with Gasteiger partial charge in [0, 0.05) is 34.3 Å². The summed E-state index contributed by atoms with van der Waals surface area (Å²) >= 11 is 0. The number of nitrogens with one attached hydrogen (secondary N) is 1. The Morgan fingerprint density at radius 3 is 2.68 bits per heavy atom. The second-order valence-corrected chi connectivity index (χ2v) is 7.98. The summed E-state index contributed by atoms with van der Waals surface area (Å²) in [4.78, 5) is 18.1. The Hall–Kier alpha value is -3.03. The third-order valence-electron chi connectivity index (χ3n) is 5.68. The van der Waals surface area contributed by atoms with E-state index in [0.29, 0.717) is 17.7 Å². The molecule has 1 fully saturated rings. The van der Waals surface area contributed by atoms with Crippen molar-refractivity contribution < 1.29 is 27.8 Å². The van der Waals surface area contributed by atoms with Crippen LogP contribution in [0.1, 0.15) is 60.5 Å². The van der Waals surface area contributed by atoms with Crippen molar-refractivity contribution in [3.63, 3.8) is 0 Å². The van der Waals surface area contributed by atoms with Crippen molar-refractivity contribution >= 4 is 16.9 Å². The van der Waals surface area contributed by atoms with Crippen LogP contribution in [0.25, 0.3) is 10.9 Å². The molecule has 1 aromatic carbocycles. The lowest BCUT2D eigenvalue weighted by Gasteiger charge is -2.17. The van der Waals surface area contributed by atoms with Gasteiger partial charge in [0.2, 0.25) is 0 Å². The molecule has 3 aromatic rings. The number of carboxylic acids is 1. The minimum Gasteiger partial charge on any atom is -0.489 e. The number of H-pyrrole nitrogens is 1. The lowest BCUT2D eigenvalue weighted by molar-refractivity contribution is -0.139. The molecule has 1 aliphatic carbocycles. The van der Waals surface area contributed by atoms with E-state index < -0.39 is 17.7 Å². The highest BCUT2D eigenvalue weighted by Crippen LogP contribution is 2.40. The molecule has 0 saturated heterocycles. The van der Waals surface area contributed by atoms with Gasteiger partial charge in [-0.25, -0.2) is 0 Å². The van der Waals surface area contributed by atoms with Crippen molar-refractivity contribution in [2.75, 3.05) is 0 Å². The van der Waals surface area contributed by atoms with Crippen LogP contribution in [0, 0.1) is 0 Å². The molecule has 2 N–H and O–H groups in total. The number of benzene rings is 1. The van der Waals surface area contributed by atoms with Gasteiger partial charge in [0.15, 0.2) is 0 Å². The Labute approximate surface area is 177 Å². The summed E-state index contributed by atoms with van der Waals surface area (Å²) in [6.07, 6.45) is 0.816. The van der Waals surface area contributed by atoms with Gasteiger partial charge in [-0.2, -0.15) is 13.2 Å². The number of hydrogen-bond donors (Lipinski definition) is 2. The van der Waals surface area contributed by atoms with E-state index in [1.165, 1.54) is 6.20 Å². The summed E-state index contributed by atoms with van der Waals surface area (Å²) in [5.74, 6) is -0.476. The molecule has 2 heterocycles. The van der Waals surface area contributed by atoms with E-state index in [-0.39, 0.29) is 24.6 Å². The number of aliphatic carboxylic acids is 1. The van der Waals surface area contributed by atoms with Crippen LogP contribution in [0.3, 0.4) is 0 Å². The Kier molecular flexibility index (Phi) is 5.89. The van der Waals surface area contributed by atoms with E-state index in [0.717, 1.165) is 48.3 Å². The minimum absolute atomic E-state index is 0.0250. The predicted molar refractivity (Wildman–Crippen MR) is 109 cm³/mol. The topological polar surface area (TPSA) is 75.2 Å². The van der Waals surface area contributed by atoms with Crippen LogP contribution in [0.5, 0.6) is 5.75 Å². The quantitative estimate of drug-likeness (QED) is 0.492. The van der Waals surface area contributed by atoms with E-state index in [2.05, 4.69) is 9.97 Å². The maximum Gasteiger partial charge on any atom is 0.418 e. The monoisotopic (exact) mass is 432 g/mol. The molecule has 4 rings (SSSR count). The first-order valence-electron chi connectivity index (χ1n) is 10.3. The molecule has 0 unspecified atom stereocenters. The van der Waals surface area contributed by atoms with Crippen LogP contribution < -0.4 is 4.74 Å². The number of aromatic amines is 1. The van der Waals surface area contributed by atoms with Crippen LogP contribution in [0.2, 0.25) is 0 Å². The molecule has 0 amide bonds.